The van der Waals surface area contributed by atoms with Gasteiger partial charge in [0.15, 0.2) is 11.8 Å². The third-order valence-corrected chi connectivity index (χ3v) is 2.94. The molecular formula is C12H10ClNO4. The van der Waals surface area contributed by atoms with Crippen LogP contribution in [-0.2, 0) is 19.1 Å². The number of ether oxygens (including phenoxy) is 1. The molecule has 1 heterocycles. The number of hydrogen-bond donors (Lipinski definition) is 0. The van der Waals surface area contributed by atoms with Crippen LogP contribution in [0.2, 0.25) is 5.02 Å². The topological polar surface area (TPSA) is 63.7 Å². The predicted octanol–water partition coefficient (Wildman–Crippen LogP) is 1.19. The number of ketones is 1. The van der Waals surface area contributed by atoms with Crippen molar-refractivity contribution in [1.82, 2.24) is 0 Å². The van der Waals surface area contributed by atoms with Crippen molar-refractivity contribution in [2.24, 2.45) is 0 Å². The van der Waals surface area contributed by atoms with Gasteiger partial charge in [0, 0.05) is 10.7 Å². The minimum Gasteiger partial charge on any atom is -0.467 e. The summed E-state index contributed by atoms with van der Waals surface area (Å²) in [6.45, 7) is 0. The van der Waals surface area contributed by atoms with Crippen molar-refractivity contribution in [2.45, 2.75) is 12.5 Å². The summed E-state index contributed by atoms with van der Waals surface area (Å²) in [5, 5.41) is 0.506. The van der Waals surface area contributed by atoms with E-state index in [2.05, 4.69) is 4.74 Å². The van der Waals surface area contributed by atoms with Gasteiger partial charge < -0.3 is 4.74 Å². The lowest BCUT2D eigenvalue weighted by molar-refractivity contribution is -0.144. The summed E-state index contributed by atoms with van der Waals surface area (Å²) in [7, 11) is 1.18. The number of carbonyl (C=O) groups is 3. The molecule has 0 bridgehead atoms. The second-order valence-corrected chi connectivity index (χ2v) is 4.25. The number of carbonyl (C=O) groups excluding carboxylic acids is 3. The Hall–Kier alpha value is -1.88. The molecule has 0 aliphatic carbocycles. The summed E-state index contributed by atoms with van der Waals surface area (Å²) in [4.78, 5) is 36.1. The number of esters is 1. The molecule has 1 atom stereocenters. The quantitative estimate of drug-likeness (QED) is 0.596. The number of Topliss-reactive ketones (excluding diaryl/α,β-unsaturated/α-hetero) is 1. The van der Waals surface area contributed by atoms with E-state index in [1.54, 1.807) is 24.3 Å². The first kappa shape index (κ1) is 12.6. The Balaban J connectivity index is 2.39. The minimum absolute atomic E-state index is 0.289. The van der Waals surface area contributed by atoms with Crippen LogP contribution in [0.4, 0.5) is 5.69 Å². The molecular weight excluding hydrogens is 258 g/mol. The summed E-state index contributed by atoms with van der Waals surface area (Å²) in [5.74, 6) is -1.61. The molecule has 0 spiro atoms. The lowest BCUT2D eigenvalue weighted by Crippen LogP contribution is -2.42. The second-order valence-electron chi connectivity index (χ2n) is 3.81. The first-order valence-corrected chi connectivity index (χ1v) is 5.60. The lowest BCUT2D eigenvalue weighted by atomic mass is 10.2. The van der Waals surface area contributed by atoms with E-state index in [4.69, 9.17) is 11.6 Å². The van der Waals surface area contributed by atoms with Gasteiger partial charge in [0.1, 0.15) is 0 Å². The van der Waals surface area contributed by atoms with Crippen molar-refractivity contribution in [2.75, 3.05) is 12.0 Å². The lowest BCUT2D eigenvalue weighted by Gasteiger charge is -2.21. The van der Waals surface area contributed by atoms with Gasteiger partial charge in [-0.1, -0.05) is 11.6 Å². The number of rotatable bonds is 2. The maximum Gasteiger partial charge on any atom is 0.336 e. The molecule has 18 heavy (non-hydrogen) atoms. The number of anilines is 1. The monoisotopic (exact) mass is 267 g/mol. The third-order valence-electron chi connectivity index (χ3n) is 2.69. The Bertz CT molecular complexity index is 511. The summed E-state index contributed by atoms with van der Waals surface area (Å²) in [6.07, 6.45) is -0.289. The number of amides is 1. The molecule has 5 nitrogen and oxygen atoms in total. The average Bonchev–Trinajstić information content (AvgIpc) is 2.64. The van der Waals surface area contributed by atoms with Gasteiger partial charge in [-0.15, -0.1) is 0 Å². The third kappa shape index (κ3) is 2.09. The number of nitrogens with zero attached hydrogens (tertiary/aromatic N) is 1. The van der Waals surface area contributed by atoms with Crippen LogP contribution in [0.25, 0.3) is 0 Å². The van der Waals surface area contributed by atoms with Gasteiger partial charge in [-0.3, -0.25) is 14.5 Å². The molecule has 0 N–H and O–H groups in total. The fourth-order valence-electron chi connectivity index (χ4n) is 1.86. The van der Waals surface area contributed by atoms with Crippen LogP contribution in [0.1, 0.15) is 6.42 Å². The summed E-state index contributed by atoms with van der Waals surface area (Å²) < 4.78 is 4.55. The first-order valence-electron chi connectivity index (χ1n) is 5.22. The predicted molar refractivity (Wildman–Crippen MR) is 64.4 cm³/mol. The van der Waals surface area contributed by atoms with Crippen LogP contribution in [-0.4, -0.2) is 30.8 Å². The Morgan fingerprint density at radius 3 is 2.50 bits per heavy atom. The molecule has 1 aromatic rings. The van der Waals surface area contributed by atoms with Crippen molar-refractivity contribution < 1.29 is 19.1 Å². The molecule has 1 saturated heterocycles. The average molecular weight is 268 g/mol. The van der Waals surface area contributed by atoms with E-state index in [-0.39, 0.29) is 6.42 Å². The Morgan fingerprint density at radius 2 is 1.94 bits per heavy atom. The van der Waals surface area contributed by atoms with E-state index < -0.39 is 23.7 Å². The number of benzene rings is 1. The van der Waals surface area contributed by atoms with E-state index in [0.717, 1.165) is 4.90 Å². The molecule has 1 unspecified atom stereocenters. The van der Waals surface area contributed by atoms with E-state index in [1.165, 1.54) is 7.11 Å². The molecule has 1 fully saturated rings. The fourth-order valence-corrected chi connectivity index (χ4v) is 1.99. The zero-order valence-corrected chi connectivity index (χ0v) is 10.3. The van der Waals surface area contributed by atoms with Crippen molar-refractivity contribution in [3.8, 4) is 0 Å². The summed E-state index contributed by atoms with van der Waals surface area (Å²) in [5.41, 5.74) is 0.450. The molecule has 1 aromatic carbocycles. The van der Waals surface area contributed by atoms with Crippen molar-refractivity contribution >= 4 is 34.9 Å². The van der Waals surface area contributed by atoms with Crippen molar-refractivity contribution in [1.29, 1.82) is 0 Å². The van der Waals surface area contributed by atoms with Gasteiger partial charge in [-0.25, -0.2) is 4.79 Å². The highest BCUT2D eigenvalue weighted by Gasteiger charge is 2.44. The van der Waals surface area contributed by atoms with Crippen LogP contribution in [0.3, 0.4) is 0 Å². The standard InChI is InChI=1S/C12H10ClNO4/c1-18-12(17)11-9(15)6-10(16)14(11)8-4-2-7(13)3-5-8/h2-5,11H,6H2,1H3. The maximum absolute atomic E-state index is 11.8. The smallest absolute Gasteiger partial charge is 0.336 e. The molecule has 94 valence electrons. The van der Waals surface area contributed by atoms with Crippen LogP contribution < -0.4 is 4.90 Å². The Labute approximate surface area is 108 Å². The van der Waals surface area contributed by atoms with Gasteiger partial charge in [0.2, 0.25) is 5.91 Å². The van der Waals surface area contributed by atoms with Gasteiger partial charge in [0.25, 0.3) is 0 Å². The Kier molecular flexibility index (Phi) is 3.34. The van der Waals surface area contributed by atoms with Gasteiger partial charge in [-0.05, 0) is 24.3 Å². The van der Waals surface area contributed by atoms with E-state index in [1.807, 2.05) is 0 Å². The first-order chi connectivity index (χ1) is 8.54. The molecule has 0 aromatic heterocycles. The number of methoxy groups -OCH3 is 1. The number of halogens is 1. The molecule has 1 aliphatic heterocycles. The number of hydrogen-bond acceptors (Lipinski definition) is 4. The molecule has 0 saturated carbocycles. The Morgan fingerprint density at radius 1 is 1.33 bits per heavy atom. The van der Waals surface area contributed by atoms with Crippen LogP contribution in [0.5, 0.6) is 0 Å². The summed E-state index contributed by atoms with van der Waals surface area (Å²) >= 11 is 5.75. The molecule has 0 radical (unpaired) electrons. The highest BCUT2D eigenvalue weighted by Crippen LogP contribution is 2.26. The summed E-state index contributed by atoms with van der Waals surface area (Å²) in [6, 6.07) is 5.13. The van der Waals surface area contributed by atoms with E-state index in [0.29, 0.717) is 10.7 Å². The highest BCUT2D eigenvalue weighted by atomic mass is 35.5. The SMILES string of the molecule is COC(=O)C1C(=O)CC(=O)N1c1ccc(Cl)cc1. The van der Waals surface area contributed by atoms with E-state index >= 15 is 0 Å². The largest absolute Gasteiger partial charge is 0.467 e. The van der Waals surface area contributed by atoms with Crippen LogP contribution in [0, 0.1) is 0 Å². The van der Waals surface area contributed by atoms with Gasteiger partial charge >= 0.3 is 5.97 Å². The van der Waals surface area contributed by atoms with E-state index in [9.17, 15) is 14.4 Å². The van der Waals surface area contributed by atoms with Crippen molar-refractivity contribution in [3.63, 3.8) is 0 Å². The molecule has 6 heteroatoms. The fraction of sp³-hybridized carbons (Fsp3) is 0.250. The zero-order valence-electron chi connectivity index (χ0n) is 9.55. The maximum atomic E-state index is 11.8. The van der Waals surface area contributed by atoms with Crippen LogP contribution in [0.15, 0.2) is 24.3 Å². The van der Waals surface area contributed by atoms with Gasteiger partial charge in [-0.2, -0.15) is 0 Å². The van der Waals surface area contributed by atoms with Gasteiger partial charge in [0.05, 0.1) is 13.5 Å². The molecule has 1 aliphatic rings. The highest BCUT2D eigenvalue weighted by molar-refractivity contribution is 6.30. The minimum atomic E-state index is -1.19. The normalized spacial score (nSPS) is 19.2. The molecule has 2 rings (SSSR count). The van der Waals surface area contributed by atoms with Crippen LogP contribution >= 0.6 is 11.6 Å². The second kappa shape index (κ2) is 4.78. The zero-order chi connectivity index (χ0) is 13.3. The van der Waals surface area contributed by atoms with Crippen molar-refractivity contribution in [3.05, 3.63) is 29.3 Å². The molecule has 1 amide bonds.